The highest BCUT2D eigenvalue weighted by Gasteiger charge is 2.31. The smallest absolute Gasteiger partial charge is 0.416 e. The lowest BCUT2D eigenvalue weighted by atomic mass is 10.0. The van der Waals surface area contributed by atoms with E-state index >= 15 is 0 Å². The van der Waals surface area contributed by atoms with Gasteiger partial charge in [0.15, 0.2) is 0 Å². The number of alkyl halides is 3. The fourth-order valence-corrected chi connectivity index (χ4v) is 1.12. The van der Waals surface area contributed by atoms with Crippen LogP contribution < -0.4 is 5.73 Å². The van der Waals surface area contributed by atoms with Gasteiger partial charge in [0.1, 0.15) is 5.75 Å². The van der Waals surface area contributed by atoms with E-state index in [0.717, 1.165) is 18.2 Å². The summed E-state index contributed by atoms with van der Waals surface area (Å²) in [5.41, 5.74) is 4.64. The number of hydrogen-bond donors (Lipinski definition) is 2. The zero-order valence-electron chi connectivity index (χ0n) is 7.75. The van der Waals surface area contributed by atoms with Crippen LogP contribution in [0.2, 0.25) is 0 Å². The topological polar surface area (TPSA) is 46.2 Å². The molecule has 0 saturated heterocycles. The van der Waals surface area contributed by atoms with Crippen molar-refractivity contribution in [2.75, 3.05) is 0 Å². The lowest BCUT2D eigenvalue weighted by molar-refractivity contribution is -0.137. The Morgan fingerprint density at radius 3 is 2.47 bits per heavy atom. The summed E-state index contributed by atoms with van der Waals surface area (Å²) in [6.45, 7) is 3.35. The highest BCUT2D eigenvalue weighted by Crippen LogP contribution is 2.33. The monoisotopic (exact) mass is 217 g/mol. The van der Waals surface area contributed by atoms with Crippen molar-refractivity contribution in [3.63, 3.8) is 0 Å². The maximum Gasteiger partial charge on any atom is 0.416 e. The molecule has 0 fully saturated rings. The summed E-state index contributed by atoms with van der Waals surface area (Å²) in [7, 11) is 0. The van der Waals surface area contributed by atoms with Gasteiger partial charge < -0.3 is 10.8 Å². The minimum Gasteiger partial charge on any atom is -0.508 e. The molecule has 0 aliphatic carbocycles. The van der Waals surface area contributed by atoms with Crippen LogP contribution in [0.15, 0.2) is 30.9 Å². The Kier molecular flexibility index (Phi) is 3.04. The van der Waals surface area contributed by atoms with Crippen LogP contribution in [0.4, 0.5) is 13.2 Å². The molecule has 0 aromatic heterocycles. The number of phenolic OH excluding ortho intramolecular Hbond substituents is 1. The number of nitrogens with two attached hydrogens (primary N) is 1. The molecule has 0 spiro atoms. The van der Waals surface area contributed by atoms with Gasteiger partial charge in [0.05, 0.1) is 11.6 Å². The van der Waals surface area contributed by atoms with Crippen LogP contribution in [0.3, 0.4) is 0 Å². The van der Waals surface area contributed by atoms with Gasteiger partial charge in [0, 0.05) is 5.56 Å². The second-order valence-electron chi connectivity index (χ2n) is 3.03. The SMILES string of the molecule is C=C[C@H](N)c1cc(C(F)(F)F)ccc1O. The molecule has 0 heterocycles. The minimum absolute atomic E-state index is 0.0137. The normalized spacial score (nSPS) is 13.6. The van der Waals surface area contributed by atoms with Crippen molar-refractivity contribution in [1.29, 1.82) is 0 Å². The third kappa shape index (κ3) is 2.50. The van der Waals surface area contributed by atoms with Gasteiger partial charge in [-0.3, -0.25) is 0 Å². The third-order valence-corrected chi connectivity index (χ3v) is 1.97. The van der Waals surface area contributed by atoms with Gasteiger partial charge >= 0.3 is 6.18 Å². The quantitative estimate of drug-likeness (QED) is 0.748. The largest absolute Gasteiger partial charge is 0.508 e. The predicted molar refractivity (Wildman–Crippen MR) is 50.2 cm³/mol. The molecule has 0 radical (unpaired) electrons. The van der Waals surface area contributed by atoms with Crippen LogP contribution in [-0.4, -0.2) is 5.11 Å². The van der Waals surface area contributed by atoms with E-state index in [1.807, 2.05) is 0 Å². The van der Waals surface area contributed by atoms with Gasteiger partial charge in [-0.15, -0.1) is 6.58 Å². The Hall–Kier alpha value is -1.49. The van der Waals surface area contributed by atoms with E-state index in [1.165, 1.54) is 6.08 Å². The summed E-state index contributed by atoms with van der Waals surface area (Å²) in [5, 5.41) is 9.31. The lowest BCUT2D eigenvalue weighted by Gasteiger charge is -2.13. The Morgan fingerprint density at radius 1 is 1.40 bits per heavy atom. The number of rotatable bonds is 2. The molecule has 0 bridgehead atoms. The molecular weight excluding hydrogens is 207 g/mol. The first-order valence-corrected chi connectivity index (χ1v) is 4.14. The summed E-state index contributed by atoms with van der Waals surface area (Å²) in [6.07, 6.45) is -3.18. The van der Waals surface area contributed by atoms with Gasteiger partial charge in [-0.2, -0.15) is 13.2 Å². The second-order valence-corrected chi connectivity index (χ2v) is 3.03. The van der Waals surface area contributed by atoms with Gasteiger partial charge in [-0.25, -0.2) is 0 Å². The molecule has 5 heteroatoms. The van der Waals surface area contributed by atoms with Gasteiger partial charge in [-0.1, -0.05) is 6.08 Å². The maximum atomic E-state index is 12.3. The first-order chi connectivity index (χ1) is 6.86. The van der Waals surface area contributed by atoms with Crippen molar-refractivity contribution >= 4 is 0 Å². The molecule has 1 rings (SSSR count). The average molecular weight is 217 g/mol. The molecule has 0 aliphatic heterocycles. The van der Waals surface area contributed by atoms with E-state index in [1.54, 1.807) is 0 Å². The fourth-order valence-electron chi connectivity index (χ4n) is 1.12. The van der Waals surface area contributed by atoms with Crippen molar-refractivity contribution in [3.05, 3.63) is 42.0 Å². The molecule has 82 valence electrons. The van der Waals surface area contributed by atoms with Crippen LogP contribution in [0, 0.1) is 0 Å². The van der Waals surface area contributed by atoms with Crippen molar-refractivity contribution in [1.82, 2.24) is 0 Å². The Bertz CT molecular complexity index is 373. The number of aromatic hydroxyl groups is 1. The van der Waals surface area contributed by atoms with Crippen LogP contribution in [0.5, 0.6) is 5.75 Å². The molecule has 2 nitrogen and oxygen atoms in total. The fraction of sp³-hybridized carbons (Fsp3) is 0.200. The Labute approximate surface area is 84.8 Å². The standard InChI is InChI=1S/C10H10F3NO/c1-2-8(14)7-5-6(10(11,12)13)3-4-9(7)15/h2-5,8,15H,1,14H2/t8-/m0/s1. The summed E-state index contributed by atoms with van der Waals surface area (Å²) < 4.78 is 37.0. The maximum absolute atomic E-state index is 12.3. The molecule has 0 amide bonds. The van der Waals surface area contributed by atoms with Gasteiger partial charge in [0.2, 0.25) is 0 Å². The minimum atomic E-state index is -4.44. The zero-order chi connectivity index (χ0) is 11.6. The molecule has 1 atom stereocenters. The molecule has 15 heavy (non-hydrogen) atoms. The lowest BCUT2D eigenvalue weighted by Crippen LogP contribution is -2.10. The van der Waals surface area contributed by atoms with E-state index in [4.69, 9.17) is 5.73 Å². The highest BCUT2D eigenvalue weighted by atomic mass is 19.4. The number of halogens is 3. The number of benzene rings is 1. The van der Waals surface area contributed by atoms with Crippen molar-refractivity contribution in [2.45, 2.75) is 12.2 Å². The van der Waals surface area contributed by atoms with Gasteiger partial charge in [0.25, 0.3) is 0 Å². The summed E-state index contributed by atoms with van der Waals surface area (Å²) >= 11 is 0. The molecule has 0 aliphatic rings. The van der Waals surface area contributed by atoms with Crippen molar-refractivity contribution in [3.8, 4) is 5.75 Å². The van der Waals surface area contributed by atoms with Gasteiger partial charge in [-0.05, 0) is 18.2 Å². The van der Waals surface area contributed by atoms with E-state index in [-0.39, 0.29) is 11.3 Å². The molecule has 1 aromatic carbocycles. The van der Waals surface area contributed by atoms with E-state index in [9.17, 15) is 18.3 Å². The summed E-state index contributed by atoms with van der Waals surface area (Å²) in [5.74, 6) is -0.268. The van der Waals surface area contributed by atoms with Crippen LogP contribution >= 0.6 is 0 Å². The third-order valence-electron chi connectivity index (χ3n) is 1.97. The predicted octanol–water partition coefficient (Wildman–Crippen LogP) is 2.60. The number of phenols is 1. The number of hydrogen-bond acceptors (Lipinski definition) is 2. The van der Waals surface area contributed by atoms with Crippen molar-refractivity contribution in [2.24, 2.45) is 5.73 Å². The first kappa shape index (κ1) is 11.6. The summed E-state index contributed by atoms with van der Waals surface area (Å²) in [4.78, 5) is 0. The molecule has 1 aromatic rings. The van der Waals surface area contributed by atoms with Crippen molar-refractivity contribution < 1.29 is 18.3 Å². The molecule has 0 unspecified atom stereocenters. The zero-order valence-corrected chi connectivity index (χ0v) is 7.75. The van der Waals surface area contributed by atoms with Crippen LogP contribution in [0.1, 0.15) is 17.2 Å². The van der Waals surface area contributed by atoms with Crippen LogP contribution in [0.25, 0.3) is 0 Å². The van der Waals surface area contributed by atoms with E-state index in [2.05, 4.69) is 6.58 Å². The molecule has 3 N–H and O–H groups in total. The average Bonchev–Trinajstić information content (AvgIpc) is 2.15. The van der Waals surface area contributed by atoms with E-state index < -0.39 is 17.8 Å². The highest BCUT2D eigenvalue weighted by molar-refractivity contribution is 5.40. The van der Waals surface area contributed by atoms with E-state index in [0.29, 0.717) is 0 Å². The molecular formula is C10H10F3NO. The second kappa shape index (κ2) is 3.94. The molecule has 0 saturated carbocycles. The first-order valence-electron chi connectivity index (χ1n) is 4.14. The van der Waals surface area contributed by atoms with Crippen LogP contribution in [-0.2, 0) is 6.18 Å². The Balaban J connectivity index is 3.22. The summed E-state index contributed by atoms with van der Waals surface area (Å²) in [6, 6.07) is 1.78. The Morgan fingerprint density at radius 2 is 2.00 bits per heavy atom.